The molecule has 26 heavy (non-hydrogen) atoms. The van der Waals surface area contributed by atoms with Crippen LogP contribution in [0.1, 0.15) is 11.5 Å². The Morgan fingerprint density at radius 1 is 0.885 bits per heavy atom. The molecule has 0 aliphatic carbocycles. The van der Waals surface area contributed by atoms with Gasteiger partial charge in [-0.2, -0.15) is 0 Å². The van der Waals surface area contributed by atoms with Crippen molar-refractivity contribution < 1.29 is 23.4 Å². The Labute approximate surface area is 151 Å². The minimum absolute atomic E-state index is 0.0962. The van der Waals surface area contributed by atoms with Gasteiger partial charge >= 0.3 is 0 Å². The number of ether oxygens (including phenoxy) is 4. The quantitative estimate of drug-likeness (QED) is 0.639. The summed E-state index contributed by atoms with van der Waals surface area (Å²) in [6, 6.07) is 11.1. The topological polar surface area (TPSA) is 75.8 Å². The van der Waals surface area contributed by atoms with Crippen molar-refractivity contribution in [2.45, 2.75) is 13.5 Å². The molecule has 0 aliphatic heterocycles. The van der Waals surface area contributed by atoms with Gasteiger partial charge in [0.25, 0.3) is 5.89 Å². The summed E-state index contributed by atoms with van der Waals surface area (Å²) in [7, 11) is 4.77. The summed E-state index contributed by atoms with van der Waals surface area (Å²) < 4.78 is 27.4. The van der Waals surface area contributed by atoms with Crippen LogP contribution in [0.3, 0.4) is 0 Å². The van der Waals surface area contributed by atoms with Crippen molar-refractivity contribution in [2.75, 3.05) is 21.3 Å². The lowest BCUT2D eigenvalue weighted by atomic mass is 10.2. The monoisotopic (exact) mass is 356 g/mol. The summed E-state index contributed by atoms with van der Waals surface area (Å²) in [6.45, 7) is 2.05. The predicted octanol–water partition coefficient (Wildman–Crippen LogP) is 3.65. The lowest BCUT2D eigenvalue weighted by molar-refractivity contribution is 0.238. The molecule has 0 N–H and O–H groups in total. The number of hydrogen-bond donors (Lipinski definition) is 0. The maximum atomic E-state index is 5.81. The Kier molecular flexibility index (Phi) is 5.26. The van der Waals surface area contributed by atoms with Gasteiger partial charge < -0.3 is 23.4 Å². The van der Waals surface area contributed by atoms with E-state index in [-0.39, 0.29) is 6.61 Å². The minimum Gasteiger partial charge on any atom is -0.497 e. The zero-order chi connectivity index (χ0) is 18.5. The molecule has 0 saturated heterocycles. The van der Waals surface area contributed by atoms with E-state index in [0.717, 1.165) is 16.9 Å². The highest BCUT2D eigenvalue weighted by Crippen LogP contribution is 2.38. The van der Waals surface area contributed by atoms with Crippen LogP contribution in [0, 0.1) is 6.92 Å². The average molecular weight is 356 g/mol. The van der Waals surface area contributed by atoms with Crippen LogP contribution >= 0.6 is 0 Å². The van der Waals surface area contributed by atoms with Crippen LogP contribution in [0.5, 0.6) is 23.0 Å². The van der Waals surface area contributed by atoms with Crippen molar-refractivity contribution in [3.63, 3.8) is 0 Å². The fourth-order valence-corrected chi connectivity index (χ4v) is 2.45. The molecule has 0 aliphatic rings. The second-order valence-corrected chi connectivity index (χ2v) is 5.52. The van der Waals surface area contributed by atoms with Crippen LogP contribution in [0.25, 0.3) is 11.5 Å². The first-order valence-corrected chi connectivity index (χ1v) is 7.96. The number of benzene rings is 2. The molecule has 7 heteroatoms. The number of aromatic nitrogens is 2. The Morgan fingerprint density at radius 2 is 1.54 bits per heavy atom. The molecular weight excluding hydrogens is 336 g/mol. The molecular formula is C19H20N2O5. The van der Waals surface area contributed by atoms with Crippen molar-refractivity contribution in [2.24, 2.45) is 0 Å². The van der Waals surface area contributed by atoms with E-state index < -0.39 is 0 Å². The first-order chi connectivity index (χ1) is 12.6. The molecule has 0 saturated carbocycles. The highest BCUT2D eigenvalue weighted by Gasteiger charge is 2.15. The van der Waals surface area contributed by atoms with Gasteiger partial charge in [0, 0.05) is 5.56 Å². The first kappa shape index (κ1) is 17.6. The molecule has 1 aromatic heterocycles. The Balaban J connectivity index is 1.76. The maximum absolute atomic E-state index is 5.81. The van der Waals surface area contributed by atoms with Crippen LogP contribution < -0.4 is 18.9 Å². The number of methoxy groups -OCH3 is 3. The molecule has 0 bridgehead atoms. The van der Waals surface area contributed by atoms with Gasteiger partial charge in [-0.3, -0.25) is 0 Å². The molecule has 1 heterocycles. The predicted molar refractivity (Wildman–Crippen MR) is 94.9 cm³/mol. The number of hydrogen-bond acceptors (Lipinski definition) is 7. The van der Waals surface area contributed by atoms with Gasteiger partial charge in [-0.25, -0.2) is 0 Å². The zero-order valence-electron chi connectivity index (χ0n) is 15.1. The summed E-state index contributed by atoms with van der Waals surface area (Å²) >= 11 is 0. The third kappa shape index (κ3) is 3.72. The van der Waals surface area contributed by atoms with Crippen molar-refractivity contribution in [3.8, 4) is 34.5 Å². The van der Waals surface area contributed by atoms with Crippen molar-refractivity contribution in [3.05, 3.63) is 47.9 Å². The van der Waals surface area contributed by atoms with Gasteiger partial charge in [-0.15, -0.1) is 10.2 Å². The molecule has 0 unspecified atom stereocenters. The van der Waals surface area contributed by atoms with Crippen molar-refractivity contribution in [1.82, 2.24) is 10.2 Å². The maximum Gasteiger partial charge on any atom is 0.254 e. The van der Waals surface area contributed by atoms with Gasteiger partial charge in [-0.1, -0.05) is 0 Å². The molecule has 0 radical (unpaired) electrons. The average Bonchev–Trinajstić information content (AvgIpc) is 3.15. The molecule has 7 nitrogen and oxygen atoms in total. The minimum atomic E-state index is 0.0962. The first-order valence-electron chi connectivity index (χ1n) is 7.96. The SMILES string of the molecule is COc1ccc(-c2nnc(COc3c(OC)cc(C)cc3OC)o2)cc1. The van der Waals surface area contributed by atoms with Gasteiger partial charge in [0.15, 0.2) is 18.1 Å². The Bertz CT molecular complexity index is 849. The van der Waals surface area contributed by atoms with Crippen LogP contribution in [-0.4, -0.2) is 31.5 Å². The van der Waals surface area contributed by atoms with E-state index in [4.69, 9.17) is 23.4 Å². The van der Waals surface area contributed by atoms with Crippen LogP contribution in [0.4, 0.5) is 0 Å². The normalized spacial score (nSPS) is 10.5. The van der Waals surface area contributed by atoms with E-state index in [1.54, 1.807) is 21.3 Å². The third-order valence-electron chi connectivity index (χ3n) is 3.75. The van der Waals surface area contributed by atoms with E-state index in [2.05, 4.69) is 10.2 Å². The smallest absolute Gasteiger partial charge is 0.254 e. The number of aryl methyl sites for hydroxylation is 1. The van der Waals surface area contributed by atoms with E-state index in [1.165, 1.54) is 0 Å². The summed E-state index contributed by atoms with van der Waals surface area (Å²) in [5.74, 6) is 3.17. The standard InChI is InChI=1S/C19H20N2O5/c1-12-9-15(23-3)18(16(10-12)24-4)25-11-17-20-21-19(26-17)13-5-7-14(22-2)8-6-13/h5-10H,11H2,1-4H3. The molecule has 2 aromatic carbocycles. The van der Waals surface area contributed by atoms with Crippen LogP contribution in [-0.2, 0) is 6.61 Å². The summed E-state index contributed by atoms with van der Waals surface area (Å²) in [4.78, 5) is 0. The Hall–Kier alpha value is -3.22. The fourth-order valence-electron chi connectivity index (χ4n) is 2.45. The highest BCUT2D eigenvalue weighted by molar-refractivity contribution is 5.54. The van der Waals surface area contributed by atoms with E-state index in [1.807, 2.05) is 43.3 Å². The second kappa shape index (κ2) is 7.77. The van der Waals surface area contributed by atoms with Crippen molar-refractivity contribution in [1.29, 1.82) is 0 Å². The van der Waals surface area contributed by atoms with E-state index in [9.17, 15) is 0 Å². The number of nitrogens with zero attached hydrogens (tertiary/aromatic N) is 2. The van der Waals surface area contributed by atoms with Gasteiger partial charge in [0.2, 0.25) is 11.6 Å². The van der Waals surface area contributed by atoms with E-state index in [0.29, 0.717) is 29.0 Å². The number of rotatable bonds is 7. The third-order valence-corrected chi connectivity index (χ3v) is 3.75. The molecule has 0 atom stereocenters. The van der Waals surface area contributed by atoms with Gasteiger partial charge in [0.05, 0.1) is 21.3 Å². The van der Waals surface area contributed by atoms with E-state index >= 15 is 0 Å². The second-order valence-electron chi connectivity index (χ2n) is 5.52. The largest absolute Gasteiger partial charge is 0.497 e. The molecule has 0 fully saturated rings. The highest BCUT2D eigenvalue weighted by atomic mass is 16.5. The van der Waals surface area contributed by atoms with Crippen molar-refractivity contribution >= 4 is 0 Å². The molecule has 3 aromatic rings. The lowest BCUT2D eigenvalue weighted by Gasteiger charge is -2.14. The van der Waals surface area contributed by atoms with Crippen LogP contribution in [0.2, 0.25) is 0 Å². The lowest BCUT2D eigenvalue weighted by Crippen LogP contribution is -2.01. The summed E-state index contributed by atoms with van der Waals surface area (Å²) in [6.07, 6.45) is 0. The zero-order valence-corrected chi connectivity index (χ0v) is 15.1. The van der Waals surface area contributed by atoms with Gasteiger partial charge in [0.1, 0.15) is 5.75 Å². The molecule has 136 valence electrons. The molecule has 0 amide bonds. The summed E-state index contributed by atoms with van der Waals surface area (Å²) in [5, 5.41) is 8.08. The molecule has 3 rings (SSSR count). The van der Waals surface area contributed by atoms with Crippen LogP contribution in [0.15, 0.2) is 40.8 Å². The van der Waals surface area contributed by atoms with Gasteiger partial charge in [-0.05, 0) is 48.9 Å². The molecule has 0 spiro atoms. The fraction of sp³-hybridized carbons (Fsp3) is 0.263. The summed E-state index contributed by atoms with van der Waals surface area (Å²) in [5.41, 5.74) is 1.81. The Morgan fingerprint density at radius 3 is 2.12 bits per heavy atom.